The van der Waals surface area contributed by atoms with Gasteiger partial charge in [-0.25, -0.2) is 0 Å². The second kappa shape index (κ2) is 6.31. The third-order valence-corrected chi connectivity index (χ3v) is 5.91. The summed E-state index contributed by atoms with van der Waals surface area (Å²) in [4.78, 5) is 27.9. The fourth-order valence-electron chi connectivity index (χ4n) is 4.61. The van der Waals surface area contributed by atoms with Crippen LogP contribution in [0.2, 0.25) is 0 Å². The van der Waals surface area contributed by atoms with E-state index in [0.29, 0.717) is 6.54 Å². The van der Waals surface area contributed by atoms with Crippen molar-refractivity contribution in [3.8, 4) is 0 Å². The minimum absolute atomic E-state index is 0.0703. The third kappa shape index (κ3) is 2.58. The van der Waals surface area contributed by atoms with E-state index in [1.807, 2.05) is 73.7 Å². The van der Waals surface area contributed by atoms with Gasteiger partial charge in [0.15, 0.2) is 0 Å². The summed E-state index contributed by atoms with van der Waals surface area (Å²) < 4.78 is 11.7. The van der Waals surface area contributed by atoms with Crippen LogP contribution in [-0.2, 0) is 25.7 Å². The Bertz CT molecular complexity index is 970. The quantitative estimate of drug-likeness (QED) is 0.609. The van der Waals surface area contributed by atoms with Crippen LogP contribution < -0.4 is 4.90 Å². The Hall–Kier alpha value is -2.92. The van der Waals surface area contributed by atoms with Gasteiger partial charge in [-0.3, -0.25) is 9.59 Å². The van der Waals surface area contributed by atoms with Gasteiger partial charge in [0.05, 0.1) is 18.6 Å². The number of amides is 1. The molecular formula is C23H21NO4. The number of anilines is 1. The molecule has 5 nitrogen and oxygen atoms in total. The van der Waals surface area contributed by atoms with Crippen molar-refractivity contribution in [2.45, 2.75) is 25.2 Å². The number of ether oxygens (including phenoxy) is 2. The number of hydrogen-bond acceptors (Lipinski definition) is 4. The first-order valence-electron chi connectivity index (χ1n) is 9.53. The van der Waals surface area contributed by atoms with Crippen LogP contribution in [0.3, 0.4) is 0 Å². The third-order valence-electron chi connectivity index (χ3n) is 5.91. The normalized spacial score (nSPS) is 30.0. The Labute approximate surface area is 163 Å². The Morgan fingerprint density at radius 3 is 2.82 bits per heavy atom. The van der Waals surface area contributed by atoms with E-state index in [-0.39, 0.29) is 18.5 Å². The molecule has 1 spiro atoms. The van der Waals surface area contributed by atoms with Gasteiger partial charge >= 0.3 is 5.97 Å². The second-order valence-corrected chi connectivity index (χ2v) is 7.76. The van der Waals surface area contributed by atoms with E-state index in [4.69, 9.17) is 9.47 Å². The van der Waals surface area contributed by atoms with E-state index in [9.17, 15) is 9.59 Å². The van der Waals surface area contributed by atoms with Crippen LogP contribution in [0, 0.1) is 18.8 Å². The largest absolute Gasteiger partial charge is 0.460 e. The second-order valence-electron chi connectivity index (χ2n) is 7.76. The van der Waals surface area contributed by atoms with Crippen molar-refractivity contribution in [2.24, 2.45) is 11.8 Å². The Kier molecular flexibility index (Phi) is 3.88. The van der Waals surface area contributed by atoms with Crippen molar-refractivity contribution in [2.75, 3.05) is 11.4 Å². The van der Waals surface area contributed by atoms with Crippen LogP contribution in [0.5, 0.6) is 0 Å². The number of aryl methyl sites for hydroxylation is 1. The molecule has 4 atom stereocenters. The highest BCUT2D eigenvalue weighted by Crippen LogP contribution is 2.53. The van der Waals surface area contributed by atoms with Crippen molar-refractivity contribution >= 4 is 17.6 Å². The standard InChI is InChI=1S/C23H21NO4/c1-15-6-5-9-17(12-15)24-14-23-11-10-18(28-23)19(20(23)21(24)25)22(26)27-13-16-7-3-2-4-8-16/h2-12,18-20H,13-14H2,1H3. The van der Waals surface area contributed by atoms with E-state index in [1.54, 1.807) is 4.90 Å². The summed E-state index contributed by atoms with van der Waals surface area (Å²) >= 11 is 0. The fraction of sp³-hybridized carbons (Fsp3) is 0.304. The van der Waals surface area contributed by atoms with Gasteiger partial charge < -0.3 is 14.4 Å². The highest BCUT2D eigenvalue weighted by molar-refractivity contribution is 6.02. The summed E-state index contributed by atoms with van der Waals surface area (Å²) in [5.74, 6) is -1.58. The first kappa shape index (κ1) is 17.2. The zero-order chi connectivity index (χ0) is 19.3. The molecular weight excluding hydrogens is 354 g/mol. The van der Waals surface area contributed by atoms with Gasteiger partial charge in [-0.15, -0.1) is 0 Å². The minimum Gasteiger partial charge on any atom is -0.460 e. The Morgan fingerprint density at radius 1 is 1.21 bits per heavy atom. The predicted molar refractivity (Wildman–Crippen MR) is 103 cm³/mol. The van der Waals surface area contributed by atoms with Gasteiger partial charge in [0.1, 0.15) is 18.1 Å². The molecule has 2 saturated heterocycles. The molecule has 5 rings (SSSR count). The minimum atomic E-state index is -0.734. The lowest BCUT2D eigenvalue weighted by Crippen LogP contribution is -2.40. The van der Waals surface area contributed by atoms with E-state index < -0.39 is 23.5 Å². The van der Waals surface area contributed by atoms with Crippen LogP contribution in [0.1, 0.15) is 11.1 Å². The van der Waals surface area contributed by atoms with E-state index in [2.05, 4.69) is 0 Å². The molecule has 28 heavy (non-hydrogen) atoms. The fourth-order valence-corrected chi connectivity index (χ4v) is 4.61. The lowest BCUT2D eigenvalue weighted by Gasteiger charge is -2.22. The summed E-state index contributed by atoms with van der Waals surface area (Å²) in [6.45, 7) is 2.62. The number of carbonyl (C=O) groups excluding carboxylic acids is 2. The van der Waals surface area contributed by atoms with Crippen LogP contribution in [0.25, 0.3) is 0 Å². The molecule has 2 fully saturated rings. The topological polar surface area (TPSA) is 55.8 Å². The Balaban J connectivity index is 1.39. The van der Waals surface area contributed by atoms with Crippen LogP contribution in [0.4, 0.5) is 5.69 Å². The maximum Gasteiger partial charge on any atom is 0.313 e. The predicted octanol–water partition coefficient (Wildman–Crippen LogP) is 3.02. The maximum atomic E-state index is 13.3. The lowest BCUT2D eigenvalue weighted by atomic mass is 9.77. The van der Waals surface area contributed by atoms with Gasteiger partial charge in [-0.05, 0) is 30.2 Å². The van der Waals surface area contributed by atoms with Gasteiger partial charge in [0.2, 0.25) is 5.91 Å². The number of benzene rings is 2. The van der Waals surface area contributed by atoms with Crippen molar-refractivity contribution in [3.63, 3.8) is 0 Å². The molecule has 142 valence electrons. The maximum absolute atomic E-state index is 13.3. The molecule has 0 saturated carbocycles. The number of nitrogens with zero attached hydrogens (tertiary/aromatic N) is 1. The SMILES string of the molecule is Cc1cccc(N2CC34C=CC(O3)C(C(=O)OCc3ccccc3)C4C2=O)c1. The van der Waals surface area contributed by atoms with Crippen molar-refractivity contribution in [3.05, 3.63) is 77.9 Å². The monoisotopic (exact) mass is 375 g/mol. The lowest BCUT2D eigenvalue weighted by molar-refractivity contribution is -0.153. The number of esters is 1. The molecule has 2 bridgehead atoms. The van der Waals surface area contributed by atoms with Crippen molar-refractivity contribution in [1.82, 2.24) is 0 Å². The molecule has 0 N–H and O–H groups in total. The average Bonchev–Trinajstić information content (AvgIpc) is 3.35. The van der Waals surface area contributed by atoms with E-state index >= 15 is 0 Å². The van der Waals surface area contributed by atoms with Crippen molar-refractivity contribution in [1.29, 1.82) is 0 Å². The van der Waals surface area contributed by atoms with Crippen LogP contribution >= 0.6 is 0 Å². The van der Waals surface area contributed by atoms with Gasteiger partial charge in [-0.1, -0.05) is 54.6 Å². The van der Waals surface area contributed by atoms with Gasteiger partial charge in [0, 0.05) is 5.69 Å². The molecule has 2 aromatic rings. The summed E-state index contributed by atoms with van der Waals surface area (Å²) in [6, 6.07) is 17.4. The van der Waals surface area contributed by atoms with Crippen molar-refractivity contribution < 1.29 is 19.1 Å². The highest BCUT2D eigenvalue weighted by Gasteiger charge is 2.67. The van der Waals surface area contributed by atoms with E-state index in [0.717, 1.165) is 16.8 Å². The molecule has 2 aromatic carbocycles. The molecule has 5 heteroatoms. The zero-order valence-electron chi connectivity index (χ0n) is 15.6. The molecule has 3 aliphatic rings. The zero-order valence-corrected chi connectivity index (χ0v) is 15.6. The molecule has 0 aromatic heterocycles. The molecule has 1 amide bonds. The smallest absolute Gasteiger partial charge is 0.313 e. The first-order chi connectivity index (χ1) is 13.6. The molecule has 0 radical (unpaired) electrons. The first-order valence-corrected chi connectivity index (χ1v) is 9.53. The van der Waals surface area contributed by atoms with Crippen LogP contribution in [0.15, 0.2) is 66.7 Å². The number of rotatable bonds is 4. The molecule has 4 unspecified atom stereocenters. The van der Waals surface area contributed by atoms with Gasteiger partial charge in [-0.2, -0.15) is 0 Å². The summed E-state index contributed by atoms with van der Waals surface area (Å²) in [7, 11) is 0. The van der Waals surface area contributed by atoms with Crippen LogP contribution in [-0.4, -0.2) is 30.1 Å². The number of carbonyl (C=O) groups is 2. The summed E-state index contributed by atoms with van der Waals surface area (Å²) in [5, 5.41) is 0. The van der Waals surface area contributed by atoms with E-state index in [1.165, 1.54) is 0 Å². The Morgan fingerprint density at radius 2 is 2.04 bits per heavy atom. The molecule has 3 aliphatic heterocycles. The summed E-state index contributed by atoms with van der Waals surface area (Å²) in [6.07, 6.45) is 3.46. The average molecular weight is 375 g/mol. The molecule has 3 heterocycles. The number of hydrogen-bond donors (Lipinski definition) is 0. The summed E-state index contributed by atoms with van der Waals surface area (Å²) in [5.41, 5.74) is 2.11. The highest BCUT2D eigenvalue weighted by atomic mass is 16.6. The number of fused-ring (bicyclic) bond motifs is 1. The van der Waals surface area contributed by atoms with Gasteiger partial charge in [0.25, 0.3) is 0 Å². The molecule has 0 aliphatic carbocycles.